The topological polar surface area (TPSA) is 111 Å². The summed E-state index contributed by atoms with van der Waals surface area (Å²) in [5, 5.41) is 32.2. The van der Waals surface area contributed by atoms with Crippen LogP contribution in [0, 0.1) is 0 Å². The summed E-state index contributed by atoms with van der Waals surface area (Å²) in [4.78, 5) is 17.0. The van der Waals surface area contributed by atoms with Crippen molar-refractivity contribution in [3.8, 4) is 5.75 Å². The Morgan fingerprint density at radius 3 is 2.86 bits per heavy atom. The molecule has 0 radical (unpaired) electrons. The van der Waals surface area contributed by atoms with Crippen molar-refractivity contribution in [1.29, 1.82) is 0 Å². The van der Waals surface area contributed by atoms with Crippen molar-refractivity contribution >= 4 is 23.6 Å². The molecule has 8 nitrogen and oxygen atoms in total. The molecule has 2 rings (SSSR count). The minimum Gasteiger partial charge on any atom is -0.872 e. The number of aliphatic imine (C=N–C) groups is 1. The van der Waals surface area contributed by atoms with Crippen molar-refractivity contribution in [2.24, 2.45) is 4.99 Å². The predicted octanol–water partition coefficient (Wildman–Crippen LogP) is 0.123. The van der Waals surface area contributed by atoms with E-state index in [1.165, 1.54) is 25.1 Å². The van der Waals surface area contributed by atoms with E-state index in [0.29, 0.717) is 18.2 Å². The van der Waals surface area contributed by atoms with Crippen LogP contribution in [0.4, 0.5) is 5.69 Å². The number of likely N-dealkylation sites (N-methyl/N-ethyl adjacent to an activating group) is 1. The number of rotatable bonds is 2. The van der Waals surface area contributed by atoms with Crippen LogP contribution in [-0.2, 0) is 4.79 Å². The molecule has 1 aromatic carbocycles. The quantitative estimate of drug-likeness (QED) is 0.667. The van der Waals surface area contributed by atoms with E-state index in [1.807, 2.05) is 0 Å². The van der Waals surface area contributed by atoms with Gasteiger partial charge in [-0.2, -0.15) is 0 Å². The van der Waals surface area contributed by atoms with Gasteiger partial charge in [0.2, 0.25) is 11.9 Å². The normalized spacial score (nSPS) is 16.1. The van der Waals surface area contributed by atoms with E-state index in [0.717, 1.165) is 0 Å². The summed E-state index contributed by atoms with van der Waals surface area (Å²) in [5.74, 6) is -0.0909. The van der Waals surface area contributed by atoms with Crippen molar-refractivity contribution in [2.45, 2.75) is 6.92 Å². The summed E-state index contributed by atoms with van der Waals surface area (Å²) < 4.78 is 0. The molecule has 1 aliphatic rings. The van der Waals surface area contributed by atoms with E-state index in [4.69, 9.17) is 10.4 Å². The zero-order valence-electron chi connectivity index (χ0n) is 11.6. The lowest BCUT2D eigenvalue weighted by Gasteiger charge is -2.15. The fraction of sp³-hybridized carbons (Fsp3) is 0.231. The predicted molar refractivity (Wildman–Crippen MR) is 73.8 cm³/mol. The second-order valence-corrected chi connectivity index (χ2v) is 4.62. The number of carbonyl (C=O) groups excluding carboxylic acids is 1. The third kappa shape index (κ3) is 3.50. The van der Waals surface area contributed by atoms with E-state index >= 15 is 0 Å². The molecule has 0 saturated heterocycles. The average molecular weight is 291 g/mol. The van der Waals surface area contributed by atoms with Gasteiger partial charge >= 0.3 is 0 Å². The van der Waals surface area contributed by atoms with E-state index in [2.05, 4.69) is 10.3 Å². The molecule has 1 heterocycles. The third-order valence-electron chi connectivity index (χ3n) is 2.84. The number of hydrogen-bond donors (Lipinski definition) is 3. The van der Waals surface area contributed by atoms with Crippen LogP contribution in [0.3, 0.4) is 0 Å². The number of nitrogens with one attached hydrogen (secondary N) is 1. The van der Waals surface area contributed by atoms with Crippen LogP contribution in [0.2, 0.25) is 0 Å². The standard InChI is InChI=1S/C13H16N4O4/c1-8(18)14-13-15-10(7-16(13)2)5-9-6-11(17(20)21)3-4-12(9)19/h3-6,19-21H,7H2,1-2H3,(H,14,15,18)/p-1/b10-5+. The van der Waals surface area contributed by atoms with Crippen LogP contribution in [0.1, 0.15) is 12.5 Å². The number of amides is 1. The Morgan fingerprint density at radius 2 is 2.24 bits per heavy atom. The van der Waals surface area contributed by atoms with E-state index in [1.54, 1.807) is 18.0 Å². The van der Waals surface area contributed by atoms with E-state index in [9.17, 15) is 9.90 Å². The molecule has 112 valence electrons. The Hall–Kier alpha value is -2.58. The van der Waals surface area contributed by atoms with Crippen LogP contribution < -0.4 is 15.6 Å². The molecule has 0 fully saturated rings. The summed E-state index contributed by atoms with van der Waals surface area (Å²) in [5.41, 5.74) is 0.925. The molecule has 0 aliphatic carbocycles. The van der Waals surface area contributed by atoms with Crippen molar-refractivity contribution in [3.05, 3.63) is 29.5 Å². The maximum atomic E-state index is 11.8. The number of hydrogen-bond acceptors (Lipinski definition) is 7. The van der Waals surface area contributed by atoms with Gasteiger partial charge < -0.3 is 10.0 Å². The van der Waals surface area contributed by atoms with Crippen LogP contribution in [0.25, 0.3) is 6.08 Å². The SMILES string of the molecule is CC(=O)NC1=N/C(=C/c2cc(N(O)O)ccc2[O-])CN1C. The Balaban J connectivity index is 2.30. The Bertz CT molecular complexity index is 625. The van der Waals surface area contributed by atoms with Gasteiger partial charge in [0.15, 0.2) is 0 Å². The molecule has 1 amide bonds. The molecule has 0 atom stereocenters. The first kappa shape index (κ1) is 14.8. The van der Waals surface area contributed by atoms with E-state index in [-0.39, 0.29) is 28.1 Å². The Kier molecular flexibility index (Phi) is 4.10. The minimum atomic E-state index is -0.265. The molecule has 8 heteroatoms. The molecule has 0 aromatic heterocycles. The third-order valence-corrected chi connectivity index (χ3v) is 2.84. The molecule has 0 spiro atoms. The largest absolute Gasteiger partial charge is 0.872 e. The first-order valence-electron chi connectivity index (χ1n) is 6.14. The summed E-state index contributed by atoms with van der Waals surface area (Å²) >= 11 is 0. The maximum Gasteiger partial charge on any atom is 0.223 e. The highest BCUT2D eigenvalue weighted by molar-refractivity contribution is 5.97. The lowest BCUT2D eigenvalue weighted by Crippen LogP contribution is -2.38. The molecular formula is C13H15N4O4-. The van der Waals surface area contributed by atoms with Gasteiger partial charge in [-0.3, -0.25) is 20.5 Å². The molecule has 1 aliphatic heterocycles. The molecule has 3 N–H and O–H groups in total. The summed E-state index contributed by atoms with van der Waals surface area (Å²) in [6, 6.07) is 3.86. The second kappa shape index (κ2) is 5.81. The van der Waals surface area contributed by atoms with Crippen LogP contribution in [-0.4, -0.2) is 40.8 Å². The Labute approximate surface area is 121 Å². The highest BCUT2D eigenvalue weighted by atomic mass is 16.8. The summed E-state index contributed by atoms with van der Waals surface area (Å²) in [6.45, 7) is 1.82. The first-order valence-corrected chi connectivity index (χ1v) is 6.14. The number of carbonyl (C=O) groups is 1. The van der Waals surface area contributed by atoms with Gasteiger partial charge in [-0.15, -0.1) is 11.0 Å². The van der Waals surface area contributed by atoms with Gasteiger partial charge in [0.1, 0.15) is 0 Å². The fourth-order valence-electron chi connectivity index (χ4n) is 1.89. The van der Waals surface area contributed by atoms with Crippen molar-refractivity contribution in [3.63, 3.8) is 0 Å². The number of guanidine groups is 1. The van der Waals surface area contributed by atoms with Gasteiger partial charge in [-0.25, -0.2) is 4.99 Å². The average Bonchev–Trinajstić information content (AvgIpc) is 2.71. The van der Waals surface area contributed by atoms with Gasteiger partial charge in [0.05, 0.1) is 17.9 Å². The van der Waals surface area contributed by atoms with Crippen molar-refractivity contribution < 1.29 is 20.3 Å². The lowest BCUT2D eigenvalue weighted by atomic mass is 10.1. The smallest absolute Gasteiger partial charge is 0.223 e. The summed E-state index contributed by atoms with van der Waals surface area (Å²) in [6.07, 6.45) is 1.54. The molecular weight excluding hydrogens is 276 g/mol. The highest BCUT2D eigenvalue weighted by Crippen LogP contribution is 2.24. The lowest BCUT2D eigenvalue weighted by molar-refractivity contribution is -0.268. The van der Waals surface area contributed by atoms with Gasteiger partial charge in [0, 0.05) is 14.0 Å². The number of anilines is 1. The zero-order chi connectivity index (χ0) is 15.6. The van der Waals surface area contributed by atoms with Crippen molar-refractivity contribution in [1.82, 2.24) is 10.2 Å². The molecule has 0 bridgehead atoms. The maximum absolute atomic E-state index is 11.8. The van der Waals surface area contributed by atoms with Crippen LogP contribution >= 0.6 is 0 Å². The van der Waals surface area contributed by atoms with Gasteiger partial charge in [0.25, 0.3) is 0 Å². The fourth-order valence-corrected chi connectivity index (χ4v) is 1.89. The zero-order valence-corrected chi connectivity index (χ0v) is 11.6. The Morgan fingerprint density at radius 1 is 1.52 bits per heavy atom. The summed E-state index contributed by atoms with van der Waals surface area (Å²) in [7, 11) is 1.76. The molecule has 0 saturated carbocycles. The molecule has 1 aromatic rings. The second-order valence-electron chi connectivity index (χ2n) is 4.62. The van der Waals surface area contributed by atoms with E-state index < -0.39 is 0 Å². The van der Waals surface area contributed by atoms with Crippen LogP contribution in [0.5, 0.6) is 5.75 Å². The van der Waals surface area contributed by atoms with Crippen LogP contribution in [0.15, 0.2) is 28.9 Å². The van der Waals surface area contributed by atoms with Gasteiger partial charge in [-0.1, -0.05) is 6.07 Å². The highest BCUT2D eigenvalue weighted by Gasteiger charge is 2.17. The monoisotopic (exact) mass is 291 g/mol. The minimum absolute atomic E-state index is 0.0613. The number of nitrogens with zero attached hydrogens (tertiary/aromatic N) is 3. The van der Waals surface area contributed by atoms with Gasteiger partial charge in [-0.05, 0) is 23.8 Å². The molecule has 0 unspecified atom stereocenters. The molecule has 21 heavy (non-hydrogen) atoms. The first-order chi connectivity index (χ1) is 9.86. The number of benzene rings is 1. The van der Waals surface area contributed by atoms with Crippen molar-refractivity contribution in [2.75, 3.05) is 18.8 Å².